The molecule has 2 aromatic carbocycles. The van der Waals surface area contributed by atoms with Gasteiger partial charge in [-0.15, -0.1) is 0 Å². The molecule has 1 N–H and O–H groups in total. The molecule has 0 aliphatic carbocycles. The van der Waals surface area contributed by atoms with Crippen LogP contribution in [-0.4, -0.2) is 34.5 Å². The minimum Gasteiger partial charge on any atom is -0.493 e. The number of aliphatic carboxylic acids is 1. The molecule has 3 rings (SSSR count). The third-order valence-electron chi connectivity index (χ3n) is 5.07. The smallest absolute Gasteiger partial charge is 0.303 e. The van der Waals surface area contributed by atoms with Crippen LogP contribution in [0, 0.1) is 0 Å². The molecule has 6 nitrogen and oxygen atoms in total. The van der Waals surface area contributed by atoms with Crippen molar-refractivity contribution in [2.45, 2.75) is 45.7 Å². The summed E-state index contributed by atoms with van der Waals surface area (Å²) in [6.07, 6.45) is 2.87. The van der Waals surface area contributed by atoms with Crippen LogP contribution in [0.25, 0.3) is 11.3 Å². The van der Waals surface area contributed by atoms with Crippen LogP contribution in [0.5, 0.6) is 5.75 Å². The van der Waals surface area contributed by atoms with Crippen LogP contribution in [0.1, 0.15) is 50.4 Å². The fourth-order valence-corrected chi connectivity index (χ4v) is 3.31. The van der Waals surface area contributed by atoms with Gasteiger partial charge < -0.3 is 19.2 Å². The fourth-order valence-electron chi connectivity index (χ4n) is 3.31. The summed E-state index contributed by atoms with van der Waals surface area (Å²) in [7, 11) is 0. The van der Waals surface area contributed by atoms with Gasteiger partial charge in [0.2, 0.25) is 0 Å². The number of carboxylic acids is 1. The number of hydrogen-bond donors (Lipinski definition) is 1. The standard InChI is InChI=1S/C26H29NO5/c1-19(2)27(26(30)21-14-12-20(13-15-21)23-10-7-17-32-23)18-22-8-3-4-9-24(22)31-16-6-5-11-25(28)29/h3-4,7-10,12-15,17,19H,5-6,11,16,18H2,1-2H3,(H,28,29)/i19D. The summed E-state index contributed by atoms with van der Waals surface area (Å²) < 4.78 is 19.8. The molecule has 1 amide bonds. The first kappa shape index (κ1) is 21.7. The molecule has 1 heterocycles. The van der Waals surface area contributed by atoms with E-state index in [-0.39, 0.29) is 18.9 Å². The molecule has 32 heavy (non-hydrogen) atoms. The maximum Gasteiger partial charge on any atom is 0.303 e. The highest BCUT2D eigenvalue weighted by Crippen LogP contribution is 2.24. The highest BCUT2D eigenvalue weighted by Gasteiger charge is 2.21. The molecule has 1 aromatic heterocycles. The number of carbonyl (C=O) groups excluding carboxylic acids is 1. The summed E-state index contributed by atoms with van der Waals surface area (Å²) >= 11 is 0. The quantitative estimate of drug-likeness (QED) is 0.394. The van der Waals surface area contributed by atoms with Gasteiger partial charge in [0.05, 0.1) is 14.2 Å². The largest absolute Gasteiger partial charge is 0.493 e. The summed E-state index contributed by atoms with van der Waals surface area (Å²) in [4.78, 5) is 25.5. The summed E-state index contributed by atoms with van der Waals surface area (Å²) in [5, 5.41) is 8.76. The van der Waals surface area contributed by atoms with Crippen LogP contribution in [-0.2, 0) is 11.3 Å². The Morgan fingerprint density at radius 2 is 1.81 bits per heavy atom. The minimum atomic E-state index is -1.16. The topological polar surface area (TPSA) is 80.0 Å². The Bertz CT molecular complexity index is 1060. The van der Waals surface area contributed by atoms with Crippen molar-refractivity contribution >= 4 is 11.9 Å². The van der Waals surface area contributed by atoms with Crippen molar-refractivity contribution in [3.8, 4) is 17.1 Å². The number of unbranched alkanes of at least 4 members (excludes halogenated alkanes) is 1. The molecule has 0 spiro atoms. The fraction of sp³-hybridized carbons (Fsp3) is 0.308. The molecule has 0 saturated heterocycles. The van der Waals surface area contributed by atoms with Crippen molar-refractivity contribution in [3.05, 3.63) is 78.1 Å². The maximum atomic E-state index is 13.4. The number of hydrogen-bond acceptors (Lipinski definition) is 4. The number of para-hydroxylation sites is 1. The Hall–Kier alpha value is -3.54. The van der Waals surface area contributed by atoms with E-state index in [9.17, 15) is 9.59 Å². The van der Waals surface area contributed by atoms with Gasteiger partial charge in [-0.05, 0) is 57.0 Å². The van der Waals surface area contributed by atoms with Crippen molar-refractivity contribution in [1.29, 1.82) is 0 Å². The molecule has 0 fully saturated rings. The Morgan fingerprint density at radius 3 is 2.47 bits per heavy atom. The Morgan fingerprint density at radius 1 is 1.06 bits per heavy atom. The zero-order chi connectivity index (χ0) is 23.8. The monoisotopic (exact) mass is 436 g/mol. The number of furan rings is 1. The predicted molar refractivity (Wildman–Crippen MR) is 123 cm³/mol. The predicted octanol–water partition coefficient (Wildman–Crippen LogP) is 5.63. The number of benzene rings is 2. The van der Waals surface area contributed by atoms with E-state index >= 15 is 0 Å². The molecule has 0 aliphatic heterocycles. The van der Waals surface area contributed by atoms with E-state index in [4.69, 9.17) is 15.6 Å². The maximum absolute atomic E-state index is 13.4. The minimum absolute atomic E-state index is 0.110. The van der Waals surface area contributed by atoms with Gasteiger partial charge in [0.1, 0.15) is 11.5 Å². The van der Waals surface area contributed by atoms with Crippen LogP contribution in [0.4, 0.5) is 0 Å². The number of amides is 1. The highest BCUT2D eigenvalue weighted by molar-refractivity contribution is 5.94. The lowest BCUT2D eigenvalue weighted by molar-refractivity contribution is -0.137. The molecule has 6 heteroatoms. The van der Waals surface area contributed by atoms with E-state index in [2.05, 4.69) is 0 Å². The number of carbonyl (C=O) groups is 2. The first-order chi connectivity index (χ1) is 15.8. The number of nitrogens with zero attached hydrogens (tertiary/aromatic N) is 1. The second kappa shape index (κ2) is 11.2. The lowest BCUT2D eigenvalue weighted by atomic mass is 10.1. The van der Waals surface area contributed by atoms with Gasteiger partial charge >= 0.3 is 5.97 Å². The Kier molecular flexibility index (Phi) is 7.58. The van der Waals surface area contributed by atoms with Gasteiger partial charge in [-0.3, -0.25) is 9.59 Å². The molecule has 0 saturated carbocycles. The molecule has 0 bridgehead atoms. The summed E-state index contributed by atoms with van der Waals surface area (Å²) in [5.74, 6) is 0.279. The summed E-state index contributed by atoms with van der Waals surface area (Å²) in [6, 6.07) is 17.1. The normalized spacial score (nSPS) is 11.6. The van der Waals surface area contributed by atoms with Gasteiger partial charge in [0.25, 0.3) is 5.91 Å². The van der Waals surface area contributed by atoms with Crippen LogP contribution >= 0.6 is 0 Å². The van der Waals surface area contributed by atoms with Crippen LogP contribution in [0.2, 0.25) is 0 Å². The molecule has 0 radical (unpaired) electrons. The van der Waals surface area contributed by atoms with Crippen molar-refractivity contribution in [3.63, 3.8) is 0 Å². The van der Waals surface area contributed by atoms with Crippen molar-refractivity contribution in [2.24, 2.45) is 0 Å². The van der Waals surface area contributed by atoms with E-state index in [1.54, 1.807) is 32.2 Å². The molecular formula is C26H29NO5. The van der Waals surface area contributed by atoms with E-state index in [0.29, 0.717) is 30.8 Å². The van der Waals surface area contributed by atoms with Gasteiger partial charge in [0.15, 0.2) is 0 Å². The highest BCUT2D eigenvalue weighted by atomic mass is 16.5. The Labute approximate surface area is 189 Å². The van der Waals surface area contributed by atoms with E-state index in [0.717, 1.165) is 16.9 Å². The van der Waals surface area contributed by atoms with Crippen LogP contribution < -0.4 is 4.74 Å². The van der Waals surface area contributed by atoms with Gasteiger partial charge in [-0.25, -0.2) is 0 Å². The van der Waals surface area contributed by atoms with E-state index in [1.165, 1.54) is 4.90 Å². The van der Waals surface area contributed by atoms with Gasteiger partial charge in [-0.1, -0.05) is 30.3 Å². The molecule has 0 unspecified atom stereocenters. The third kappa shape index (κ3) is 6.23. The molecular weight excluding hydrogens is 406 g/mol. The number of ether oxygens (including phenoxy) is 1. The first-order valence-corrected chi connectivity index (χ1v) is 10.6. The van der Waals surface area contributed by atoms with Gasteiger partial charge in [0, 0.05) is 35.7 Å². The number of carboxylic acid groups (broad SMARTS) is 1. The van der Waals surface area contributed by atoms with Crippen molar-refractivity contribution in [2.75, 3.05) is 6.61 Å². The second-order valence-corrected chi connectivity index (χ2v) is 7.70. The lowest BCUT2D eigenvalue weighted by Crippen LogP contribution is -2.36. The third-order valence-corrected chi connectivity index (χ3v) is 5.07. The molecule has 0 atom stereocenters. The molecule has 0 aliphatic rings. The first-order valence-electron chi connectivity index (χ1n) is 11.1. The average molecular weight is 437 g/mol. The number of rotatable bonds is 11. The zero-order valence-corrected chi connectivity index (χ0v) is 18.4. The van der Waals surface area contributed by atoms with Gasteiger partial charge in [-0.2, -0.15) is 0 Å². The van der Waals surface area contributed by atoms with E-state index in [1.807, 2.05) is 48.5 Å². The van der Waals surface area contributed by atoms with Crippen molar-refractivity contribution in [1.82, 2.24) is 4.90 Å². The van der Waals surface area contributed by atoms with E-state index < -0.39 is 12.0 Å². The summed E-state index contributed by atoms with van der Waals surface area (Å²) in [6.45, 7) is 3.95. The van der Waals surface area contributed by atoms with Crippen LogP contribution in [0.15, 0.2) is 71.3 Å². The SMILES string of the molecule is [2H]C(C)(C)N(Cc1ccccc1OCCCCC(=O)O)C(=O)c1ccc(-c2ccco2)cc1. The molecule has 3 aromatic rings. The van der Waals surface area contributed by atoms with Crippen molar-refractivity contribution < 1.29 is 25.2 Å². The molecule has 168 valence electrons. The average Bonchev–Trinajstić information content (AvgIpc) is 3.32. The lowest BCUT2D eigenvalue weighted by Gasteiger charge is -2.28. The Balaban J connectivity index is 1.74. The zero-order valence-electron chi connectivity index (χ0n) is 19.4. The van der Waals surface area contributed by atoms with Crippen LogP contribution in [0.3, 0.4) is 0 Å². The summed E-state index contributed by atoms with van der Waals surface area (Å²) in [5.41, 5.74) is 2.14. The second-order valence-electron chi connectivity index (χ2n) is 7.70.